The van der Waals surface area contributed by atoms with Crippen LogP contribution in [-0.2, 0) is 6.42 Å². The van der Waals surface area contributed by atoms with Gasteiger partial charge >= 0.3 is 0 Å². The van der Waals surface area contributed by atoms with Gasteiger partial charge in [0.05, 0.1) is 14.2 Å². The SMILES string of the molecule is COc1ccc(-c2cc(CCCCN3CCNCC3)on2)cc1OC. The van der Waals surface area contributed by atoms with Gasteiger partial charge in [0, 0.05) is 44.2 Å². The summed E-state index contributed by atoms with van der Waals surface area (Å²) < 4.78 is 16.1. The van der Waals surface area contributed by atoms with E-state index >= 15 is 0 Å². The first-order chi connectivity index (χ1) is 12.3. The van der Waals surface area contributed by atoms with Crippen molar-refractivity contribution in [3.8, 4) is 22.8 Å². The molecule has 0 amide bonds. The summed E-state index contributed by atoms with van der Waals surface area (Å²) >= 11 is 0. The fourth-order valence-corrected chi connectivity index (χ4v) is 3.13. The van der Waals surface area contributed by atoms with Gasteiger partial charge in [0.1, 0.15) is 11.5 Å². The monoisotopic (exact) mass is 345 g/mol. The molecule has 1 aromatic heterocycles. The Morgan fingerprint density at radius 1 is 1.08 bits per heavy atom. The van der Waals surface area contributed by atoms with Crippen molar-refractivity contribution >= 4 is 0 Å². The summed E-state index contributed by atoms with van der Waals surface area (Å²) in [4.78, 5) is 2.52. The van der Waals surface area contributed by atoms with Crippen molar-refractivity contribution in [2.75, 3.05) is 46.9 Å². The van der Waals surface area contributed by atoms with Gasteiger partial charge in [-0.3, -0.25) is 0 Å². The highest BCUT2D eigenvalue weighted by molar-refractivity contribution is 5.63. The number of nitrogens with one attached hydrogen (secondary N) is 1. The molecule has 0 aliphatic carbocycles. The summed E-state index contributed by atoms with van der Waals surface area (Å²) in [6, 6.07) is 7.79. The molecule has 1 fully saturated rings. The molecule has 2 aromatic rings. The lowest BCUT2D eigenvalue weighted by atomic mass is 10.1. The van der Waals surface area contributed by atoms with Crippen LogP contribution in [0.25, 0.3) is 11.3 Å². The molecule has 1 aliphatic rings. The van der Waals surface area contributed by atoms with E-state index in [-0.39, 0.29) is 0 Å². The molecular weight excluding hydrogens is 318 g/mol. The van der Waals surface area contributed by atoms with Crippen molar-refractivity contribution in [3.05, 3.63) is 30.0 Å². The third-order valence-electron chi connectivity index (χ3n) is 4.60. The average Bonchev–Trinajstić information content (AvgIpc) is 3.14. The van der Waals surface area contributed by atoms with Gasteiger partial charge in [-0.2, -0.15) is 0 Å². The van der Waals surface area contributed by atoms with Crippen LogP contribution in [0.2, 0.25) is 0 Å². The Kier molecular flexibility index (Phi) is 6.30. The second-order valence-electron chi connectivity index (χ2n) is 6.30. The van der Waals surface area contributed by atoms with Crippen molar-refractivity contribution in [2.45, 2.75) is 19.3 Å². The summed E-state index contributed by atoms with van der Waals surface area (Å²) in [7, 11) is 3.26. The number of unbranched alkanes of at least 4 members (excludes halogenated alkanes) is 1. The van der Waals surface area contributed by atoms with Gasteiger partial charge in [0.15, 0.2) is 11.5 Å². The summed E-state index contributed by atoms with van der Waals surface area (Å²) in [5.41, 5.74) is 1.80. The van der Waals surface area contributed by atoms with Crippen molar-refractivity contribution in [1.29, 1.82) is 0 Å². The summed E-state index contributed by atoms with van der Waals surface area (Å²) in [6.07, 6.45) is 3.23. The molecule has 0 radical (unpaired) electrons. The molecular formula is C19H27N3O3. The van der Waals surface area contributed by atoms with Crippen molar-refractivity contribution in [2.24, 2.45) is 0 Å². The number of nitrogens with zero attached hydrogens (tertiary/aromatic N) is 2. The molecule has 0 unspecified atom stereocenters. The Morgan fingerprint density at radius 2 is 1.88 bits per heavy atom. The summed E-state index contributed by atoms with van der Waals surface area (Å²) in [5.74, 6) is 2.34. The molecule has 0 atom stereocenters. The number of hydrogen-bond donors (Lipinski definition) is 1. The van der Waals surface area contributed by atoms with Gasteiger partial charge in [0.25, 0.3) is 0 Å². The summed E-state index contributed by atoms with van der Waals surface area (Å²) in [5, 5.41) is 7.58. The number of benzene rings is 1. The highest BCUT2D eigenvalue weighted by Gasteiger charge is 2.12. The number of aromatic nitrogens is 1. The first-order valence-electron chi connectivity index (χ1n) is 8.91. The van der Waals surface area contributed by atoms with Crippen LogP contribution in [0.3, 0.4) is 0 Å². The standard InChI is InChI=1S/C19H27N3O3/c1-23-18-7-6-15(13-19(18)24-2)17-14-16(25-21-17)5-3-4-10-22-11-8-20-9-12-22/h6-7,13-14,20H,3-5,8-12H2,1-2H3. The van der Waals surface area contributed by atoms with Gasteiger partial charge in [-0.05, 0) is 37.6 Å². The highest BCUT2D eigenvalue weighted by atomic mass is 16.5. The lowest BCUT2D eigenvalue weighted by Crippen LogP contribution is -2.43. The topological polar surface area (TPSA) is 59.8 Å². The van der Waals surface area contributed by atoms with Gasteiger partial charge in [-0.25, -0.2) is 0 Å². The molecule has 0 bridgehead atoms. The van der Waals surface area contributed by atoms with E-state index in [4.69, 9.17) is 14.0 Å². The van der Waals surface area contributed by atoms with Crippen LogP contribution in [0.4, 0.5) is 0 Å². The Balaban J connectivity index is 1.51. The van der Waals surface area contributed by atoms with Gasteiger partial charge in [-0.15, -0.1) is 0 Å². The lowest BCUT2D eigenvalue weighted by molar-refractivity contribution is 0.236. The largest absolute Gasteiger partial charge is 0.493 e. The minimum absolute atomic E-state index is 0.695. The second kappa shape index (κ2) is 8.87. The second-order valence-corrected chi connectivity index (χ2v) is 6.30. The Hall–Kier alpha value is -2.05. The third kappa shape index (κ3) is 4.74. The smallest absolute Gasteiger partial charge is 0.161 e. The van der Waals surface area contributed by atoms with Crippen LogP contribution < -0.4 is 14.8 Å². The molecule has 3 rings (SSSR count). The van der Waals surface area contributed by atoms with Crippen LogP contribution in [0.15, 0.2) is 28.8 Å². The zero-order valence-electron chi connectivity index (χ0n) is 15.1. The Bertz CT molecular complexity index is 666. The number of ether oxygens (including phenoxy) is 2. The zero-order valence-corrected chi connectivity index (χ0v) is 15.1. The molecule has 1 aliphatic heterocycles. The quantitative estimate of drug-likeness (QED) is 0.742. The maximum Gasteiger partial charge on any atom is 0.161 e. The molecule has 136 valence electrons. The van der Waals surface area contributed by atoms with E-state index in [0.717, 1.165) is 56.0 Å². The number of piperazine rings is 1. The van der Waals surface area contributed by atoms with E-state index in [1.165, 1.54) is 13.0 Å². The number of aryl methyl sites for hydroxylation is 1. The van der Waals surface area contributed by atoms with Crippen molar-refractivity contribution in [1.82, 2.24) is 15.4 Å². The van der Waals surface area contributed by atoms with E-state index in [9.17, 15) is 0 Å². The van der Waals surface area contributed by atoms with Crippen molar-refractivity contribution in [3.63, 3.8) is 0 Å². The van der Waals surface area contributed by atoms with Crippen LogP contribution in [-0.4, -0.2) is 57.0 Å². The van der Waals surface area contributed by atoms with E-state index in [0.29, 0.717) is 11.5 Å². The molecule has 0 saturated carbocycles. The first-order valence-corrected chi connectivity index (χ1v) is 8.91. The number of rotatable bonds is 8. The molecule has 2 heterocycles. The third-order valence-corrected chi connectivity index (χ3v) is 4.60. The molecule has 6 nitrogen and oxygen atoms in total. The fraction of sp³-hybridized carbons (Fsp3) is 0.526. The first kappa shape index (κ1) is 17.8. The molecule has 1 N–H and O–H groups in total. The van der Waals surface area contributed by atoms with Crippen LogP contribution in [0, 0.1) is 0 Å². The average molecular weight is 345 g/mol. The van der Waals surface area contributed by atoms with Gasteiger partial charge in [0.2, 0.25) is 0 Å². The Labute approximate surface area is 149 Å². The zero-order chi connectivity index (χ0) is 17.5. The highest BCUT2D eigenvalue weighted by Crippen LogP contribution is 2.32. The molecule has 6 heteroatoms. The lowest BCUT2D eigenvalue weighted by Gasteiger charge is -2.26. The summed E-state index contributed by atoms with van der Waals surface area (Å²) in [6.45, 7) is 5.70. The molecule has 0 spiro atoms. The number of hydrogen-bond acceptors (Lipinski definition) is 6. The van der Waals surface area contributed by atoms with Crippen LogP contribution >= 0.6 is 0 Å². The van der Waals surface area contributed by atoms with Gasteiger partial charge < -0.3 is 24.2 Å². The van der Waals surface area contributed by atoms with Crippen molar-refractivity contribution < 1.29 is 14.0 Å². The van der Waals surface area contributed by atoms with E-state index in [2.05, 4.69) is 15.4 Å². The normalized spacial score (nSPS) is 15.3. The maximum absolute atomic E-state index is 5.50. The molecule has 1 saturated heterocycles. The molecule has 1 aromatic carbocycles. The molecule has 25 heavy (non-hydrogen) atoms. The fourth-order valence-electron chi connectivity index (χ4n) is 3.13. The maximum atomic E-state index is 5.50. The minimum atomic E-state index is 0.695. The van der Waals surface area contributed by atoms with E-state index < -0.39 is 0 Å². The van der Waals surface area contributed by atoms with Crippen LogP contribution in [0.1, 0.15) is 18.6 Å². The minimum Gasteiger partial charge on any atom is -0.493 e. The van der Waals surface area contributed by atoms with Crippen LogP contribution in [0.5, 0.6) is 11.5 Å². The Morgan fingerprint density at radius 3 is 2.64 bits per heavy atom. The van der Waals surface area contributed by atoms with E-state index in [1.54, 1.807) is 14.2 Å². The van der Waals surface area contributed by atoms with Gasteiger partial charge in [-0.1, -0.05) is 5.16 Å². The van der Waals surface area contributed by atoms with E-state index in [1.807, 2.05) is 24.3 Å². The number of methoxy groups -OCH3 is 2. The predicted octanol–water partition coefficient (Wildman–Crippen LogP) is 2.59. The predicted molar refractivity (Wildman–Crippen MR) is 97.3 cm³/mol.